The Labute approximate surface area is 137 Å². The lowest BCUT2D eigenvalue weighted by Crippen LogP contribution is -2.05. The number of amides is 1. The van der Waals surface area contributed by atoms with E-state index in [9.17, 15) is 9.59 Å². The van der Waals surface area contributed by atoms with Gasteiger partial charge in [0.25, 0.3) is 0 Å². The van der Waals surface area contributed by atoms with Crippen molar-refractivity contribution in [3.63, 3.8) is 0 Å². The van der Waals surface area contributed by atoms with Crippen LogP contribution in [0.3, 0.4) is 0 Å². The molecule has 22 heavy (non-hydrogen) atoms. The standard InChI is InChI=1S/C15H18N2O3S2/c1-10(18)16-15-17-11(9-21-15)3-4-12-5-6-13(22-12)7-8-14(19)20-2/h5-6,9H,3-4,7-8H2,1-2H3,(H,16,17,18). The van der Waals surface area contributed by atoms with Crippen LogP contribution in [-0.2, 0) is 33.6 Å². The second kappa shape index (κ2) is 8.05. The number of carbonyl (C=O) groups is 2. The molecule has 7 heteroatoms. The number of methoxy groups -OCH3 is 1. The highest BCUT2D eigenvalue weighted by molar-refractivity contribution is 7.14. The third-order valence-electron chi connectivity index (χ3n) is 2.98. The van der Waals surface area contributed by atoms with E-state index in [0.29, 0.717) is 11.6 Å². The second-order valence-electron chi connectivity index (χ2n) is 4.77. The summed E-state index contributed by atoms with van der Waals surface area (Å²) in [4.78, 5) is 28.9. The van der Waals surface area contributed by atoms with Gasteiger partial charge in [-0.05, 0) is 31.4 Å². The number of nitrogens with zero attached hydrogens (tertiary/aromatic N) is 1. The third kappa shape index (κ3) is 5.23. The Kier molecular flexibility index (Phi) is 6.09. The van der Waals surface area contributed by atoms with E-state index in [1.165, 1.54) is 35.1 Å². The van der Waals surface area contributed by atoms with Crippen LogP contribution in [0.5, 0.6) is 0 Å². The molecule has 2 heterocycles. The minimum absolute atomic E-state index is 0.102. The molecule has 0 aromatic carbocycles. The normalized spacial score (nSPS) is 10.5. The lowest BCUT2D eigenvalue weighted by Gasteiger charge is -1.97. The summed E-state index contributed by atoms with van der Waals surface area (Å²) in [6, 6.07) is 4.16. The van der Waals surface area contributed by atoms with Crippen molar-refractivity contribution in [2.24, 2.45) is 0 Å². The number of ether oxygens (including phenoxy) is 1. The monoisotopic (exact) mass is 338 g/mol. The maximum atomic E-state index is 11.1. The molecule has 2 rings (SSSR count). The van der Waals surface area contributed by atoms with Crippen LogP contribution in [0.25, 0.3) is 0 Å². The Morgan fingerprint density at radius 2 is 1.95 bits per heavy atom. The molecule has 0 fully saturated rings. The van der Waals surface area contributed by atoms with Crippen molar-refractivity contribution >= 4 is 39.7 Å². The van der Waals surface area contributed by atoms with Gasteiger partial charge < -0.3 is 10.1 Å². The van der Waals surface area contributed by atoms with Crippen molar-refractivity contribution < 1.29 is 14.3 Å². The van der Waals surface area contributed by atoms with Crippen molar-refractivity contribution in [3.8, 4) is 0 Å². The maximum absolute atomic E-state index is 11.1. The zero-order valence-corrected chi connectivity index (χ0v) is 14.2. The van der Waals surface area contributed by atoms with Crippen LogP contribution in [0.15, 0.2) is 17.5 Å². The summed E-state index contributed by atoms with van der Waals surface area (Å²) in [5, 5.41) is 5.30. The molecular weight excluding hydrogens is 320 g/mol. The Hall–Kier alpha value is -1.73. The highest BCUT2D eigenvalue weighted by Gasteiger charge is 2.07. The van der Waals surface area contributed by atoms with E-state index < -0.39 is 0 Å². The van der Waals surface area contributed by atoms with Crippen molar-refractivity contribution in [2.75, 3.05) is 12.4 Å². The molecule has 0 saturated carbocycles. The Morgan fingerprint density at radius 1 is 1.23 bits per heavy atom. The molecule has 0 aliphatic heterocycles. The van der Waals surface area contributed by atoms with Crippen LogP contribution in [0.1, 0.15) is 28.8 Å². The van der Waals surface area contributed by atoms with Gasteiger partial charge in [-0.25, -0.2) is 4.98 Å². The smallest absolute Gasteiger partial charge is 0.305 e. The molecule has 2 aromatic rings. The lowest BCUT2D eigenvalue weighted by atomic mass is 10.2. The minimum atomic E-state index is -0.178. The summed E-state index contributed by atoms with van der Waals surface area (Å²) < 4.78 is 4.64. The molecule has 0 spiro atoms. The Morgan fingerprint density at radius 3 is 2.64 bits per heavy atom. The average Bonchev–Trinajstić information content (AvgIpc) is 3.11. The van der Waals surface area contributed by atoms with E-state index in [1.807, 2.05) is 5.38 Å². The molecule has 0 atom stereocenters. The molecule has 2 aromatic heterocycles. The summed E-state index contributed by atoms with van der Waals surface area (Å²) in [5.74, 6) is -0.280. The van der Waals surface area contributed by atoms with E-state index in [1.54, 1.807) is 11.3 Å². The fraction of sp³-hybridized carbons (Fsp3) is 0.400. The van der Waals surface area contributed by atoms with Crippen molar-refractivity contribution in [2.45, 2.75) is 32.6 Å². The largest absolute Gasteiger partial charge is 0.469 e. The second-order valence-corrected chi connectivity index (χ2v) is 6.88. The molecule has 1 N–H and O–H groups in total. The van der Waals surface area contributed by atoms with E-state index in [2.05, 4.69) is 27.2 Å². The summed E-state index contributed by atoms with van der Waals surface area (Å²) in [6.07, 6.45) is 2.89. The third-order valence-corrected chi connectivity index (χ3v) is 4.99. The van der Waals surface area contributed by atoms with Gasteiger partial charge in [0.1, 0.15) is 0 Å². The van der Waals surface area contributed by atoms with Crippen molar-refractivity contribution in [3.05, 3.63) is 33.0 Å². The van der Waals surface area contributed by atoms with Crippen LogP contribution >= 0.6 is 22.7 Å². The Bertz CT molecular complexity index is 649. The van der Waals surface area contributed by atoms with Gasteiger partial charge in [-0.2, -0.15) is 0 Å². The first kappa shape index (κ1) is 16.6. The van der Waals surface area contributed by atoms with Crippen LogP contribution in [0, 0.1) is 0 Å². The number of thiazole rings is 1. The first-order valence-electron chi connectivity index (χ1n) is 6.93. The van der Waals surface area contributed by atoms with Gasteiger partial charge in [0.05, 0.1) is 19.2 Å². The lowest BCUT2D eigenvalue weighted by molar-refractivity contribution is -0.140. The highest BCUT2D eigenvalue weighted by atomic mass is 32.1. The number of hydrogen-bond acceptors (Lipinski definition) is 6. The molecule has 0 aliphatic rings. The highest BCUT2D eigenvalue weighted by Crippen LogP contribution is 2.21. The van der Waals surface area contributed by atoms with Gasteiger partial charge in [-0.15, -0.1) is 22.7 Å². The fourth-order valence-corrected chi connectivity index (χ4v) is 3.71. The van der Waals surface area contributed by atoms with Crippen LogP contribution in [0.4, 0.5) is 5.13 Å². The van der Waals surface area contributed by atoms with E-state index in [4.69, 9.17) is 0 Å². The van der Waals surface area contributed by atoms with Crippen LogP contribution in [-0.4, -0.2) is 24.0 Å². The number of nitrogens with one attached hydrogen (secondary N) is 1. The number of aryl methyl sites for hydroxylation is 3. The van der Waals surface area contributed by atoms with Crippen molar-refractivity contribution in [1.29, 1.82) is 0 Å². The van der Waals surface area contributed by atoms with Gasteiger partial charge >= 0.3 is 5.97 Å². The van der Waals surface area contributed by atoms with Gasteiger partial charge in [0.2, 0.25) is 5.91 Å². The number of esters is 1. The van der Waals surface area contributed by atoms with Crippen LogP contribution < -0.4 is 5.32 Å². The SMILES string of the molecule is COC(=O)CCc1ccc(CCc2csc(NC(C)=O)n2)s1. The van der Waals surface area contributed by atoms with Gasteiger partial charge in [-0.3, -0.25) is 9.59 Å². The number of anilines is 1. The molecule has 0 unspecified atom stereocenters. The minimum Gasteiger partial charge on any atom is -0.469 e. The number of carbonyl (C=O) groups excluding carboxylic acids is 2. The molecule has 5 nitrogen and oxygen atoms in total. The molecular formula is C15H18N2O3S2. The fourth-order valence-electron chi connectivity index (χ4n) is 1.90. The maximum Gasteiger partial charge on any atom is 0.305 e. The van der Waals surface area contributed by atoms with Gasteiger partial charge in [0.15, 0.2) is 5.13 Å². The predicted octanol–water partition coefficient (Wildman–Crippen LogP) is 3.05. The first-order valence-corrected chi connectivity index (χ1v) is 8.63. The molecule has 0 bridgehead atoms. The topological polar surface area (TPSA) is 68.3 Å². The Balaban J connectivity index is 1.81. The molecule has 1 amide bonds. The van der Waals surface area contributed by atoms with E-state index in [-0.39, 0.29) is 11.9 Å². The average molecular weight is 338 g/mol. The zero-order valence-electron chi connectivity index (χ0n) is 12.5. The molecule has 0 aliphatic carbocycles. The number of thiophene rings is 1. The molecule has 118 valence electrons. The molecule has 0 saturated heterocycles. The summed E-state index contributed by atoms with van der Waals surface area (Å²) >= 11 is 3.16. The van der Waals surface area contributed by atoms with Gasteiger partial charge in [0, 0.05) is 22.1 Å². The predicted molar refractivity (Wildman–Crippen MR) is 88.5 cm³/mol. The zero-order chi connectivity index (χ0) is 15.9. The van der Waals surface area contributed by atoms with E-state index >= 15 is 0 Å². The number of aromatic nitrogens is 1. The number of rotatable bonds is 7. The quantitative estimate of drug-likeness (QED) is 0.788. The summed E-state index contributed by atoms with van der Waals surface area (Å²) in [5.41, 5.74) is 0.985. The van der Waals surface area contributed by atoms with E-state index in [0.717, 1.165) is 25.0 Å². The van der Waals surface area contributed by atoms with Gasteiger partial charge in [-0.1, -0.05) is 0 Å². The van der Waals surface area contributed by atoms with Crippen LogP contribution in [0.2, 0.25) is 0 Å². The number of hydrogen-bond donors (Lipinski definition) is 1. The van der Waals surface area contributed by atoms with Crippen molar-refractivity contribution in [1.82, 2.24) is 4.98 Å². The first-order chi connectivity index (χ1) is 10.6. The summed E-state index contributed by atoms with van der Waals surface area (Å²) in [6.45, 7) is 1.47. The summed E-state index contributed by atoms with van der Waals surface area (Å²) in [7, 11) is 1.41. The molecule has 0 radical (unpaired) electrons.